The molecular formula is C13H8ClN3. The molecule has 0 atom stereocenters. The molecule has 0 saturated heterocycles. The van der Waals surface area contributed by atoms with Crippen molar-refractivity contribution in [1.82, 2.24) is 15.2 Å². The molecule has 0 spiro atoms. The van der Waals surface area contributed by atoms with Gasteiger partial charge >= 0.3 is 0 Å². The fourth-order valence-corrected chi connectivity index (χ4v) is 2.04. The van der Waals surface area contributed by atoms with E-state index in [4.69, 9.17) is 11.6 Å². The molecule has 0 saturated carbocycles. The standard InChI is InChI=1S/C13H8ClN3/c14-13-12(17-16-8-15-13)11-7-3-5-9-4-1-2-6-10(9)11/h1-8H. The molecule has 3 nitrogen and oxygen atoms in total. The summed E-state index contributed by atoms with van der Waals surface area (Å²) in [5.74, 6) is 0. The van der Waals surface area contributed by atoms with Crippen LogP contribution in [0, 0.1) is 0 Å². The minimum atomic E-state index is 0.372. The Morgan fingerprint density at radius 1 is 0.941 bits per heavy atom. The van der Waals surface area contributed by atoms with Gasteiger partial charge in [0.2, 0.25) is 0 Å². The van der Waals surface area contributed by atoms with Gasteiger partial charge in [0.05, 0.1) is 0 Å². The number of hydrogen-bond acceptors (Lipinski definition) is 3. The third-order valence-corrected chi connectivity index (χ3v) is 2.90. The van der Waals surface area contributed by atoms with Gasteiger partial charge in [0.15, 0.2) is 5.15 Å². The molecule has 0 aliphatic rings. The fourth-order valence-electron chi connectivity index (χ4n) is 1.86. The molecule has 4 heteroatoms. The number of halogens is 1. The number of fused-ring (bicyclic) bond motifs is 1. The van der Waals surface area contributed by atoms with Crippen molar-refractivity contribution in [1.29, 1.82) is 0 Å². The van der Waals surface area contributed by atoms with Crippen LogP contribution in [0.5, 0.6) is 0 Å². The Balaban J connectivity index is 2.35. The highest BCUT2D eigenvalue weighted by atomic mass is 35.5. The summed E-state index contributed by atoms with van der Waals surface area (Å²) in [6.07, 6.45) is 1.34. The molecule has 0 aliphatic heterocycles. The van der Waals surface area contributed by atoms with Gasteiger partial charge in [0, 0.05) is 5.56 Å². The van der Waals surface area contributed by atoms with Crippen LogP contribution < -0.4 is 0 Å². The molecule has 3 aromatic rings. The molecule has 82 valence electrons. The predicted molar refractivity (Wildman–Crippen MR) is 67.8 cm³/mol. The van der Waals surface area contributed by atoms with Gasteiger partial charge in [-0.25, -0.2) is 4.98 Å². The van der Waals surface area contributed by atoms with Crippen LogP contribution in [0.2, 0.25) is 5.15 Å². The van der Waals surface area contributed by atoms with E-state index in [2.05, 4.69) is 27.3 Å². The Bertz CT molecular complexity index is 677. The monoisotopic (exact) mass is 241 g/mol. The van der Waals surface area contributed by atoms with Gasteiger partial charge < -0.3 is 0 Å². The van der Waals surface area contributed by atoms with Crippen molar-refractivity contribution in [3.8, 4) is 11.3 Å². The zero-order chi connectivity index (χ0) is 11.7. The fraction of sp³-hybridized carbons (Fsp3) is 0. The van der Waals surface area contributed by atoms with Crippen LogP contribution in [0.3, 0.4) is 0 Å². The third-order valence-electron chi connectivity index (χ3n) is 2.62. The Kier molecular flexibility index (Phi) is 2.46. The van der Waals surface area contributed by atoms with Crippen LogP contribution in [0.25, 0.3) is 22.0 Å². The largest absolute Gasteiger partial charge is 0.220 e. The zero-order valence-electron chi connectivity index (χ0n) is 8.84. The highest BCUT2D eigenvalue weighted by Crippen LogP contribution is 2.29. The van der Waals surface area contributed by atoms with Gasteiger partial charge in [-0.3, -0.25) is 0 Å². The van der Waals surface area contributed by atoms with Gasteiger partial charge in [0.1, 0.15) is 12.0 Å². The average molecular weight is 242 g/mol. The van der Waals surface area contributed by atoms with Crippen molar-refractivity contribution in [2.45, 2.75) is 0 Å². The van der Waals surface area contributed by atoms with Gasteiger partial charge in [0.25, 0.3) is 0 Å². The lowest BCUT2D eigenvalue weighted by Gasteiger charge is -2.05. The number of benzene rings is 2. The molecule has 0 bridgehead atoms. The highest BCUT2D eigenvalue weighted by Gasteiger charge is 2.09. The summed E-state index contributed by atoms with van der Waals surface area (Å²) in [6.45, 7) is 0. The van der Waals surface area contributed by atoms with Crippen molar-refractivity contribution < 1.29 is 0 Å². The molecule has 1 aromatic heterocycles. The maximum absolute atomic E-state index is 6.05. The van der Waals surface area contributed by atoms with E-state index in [1.165, 1.54) is 6.33 Å². The molecule has 17 heavy (non-hydrogen) atoms. The number of rotatable bonds is 1. The second-order valence-electron chi connectivity index (χ2n) is 3.63. The summed E-state index contributed by atoms with van der Waals surface area (Å²) in [4.78, 5) is 3.95. The summed E-state index contributed by atoms with van der Waals surface area (Å²) in [5.41, 5.74) is 1.57. The van der Waals surface area contributed by atoms with Crippen LogP contribution in [0.15, 0.2) is 48.8 Å². The van der Waals surface area contributed by atoms with Crippen molar-refractivity contribution in [3.63, 3.8) is 0 Å². The van der Waals surface area contributed by atoms with Crippen molar-refractivity contribution in [2.24, 2.45) is 0 Å². The summed E-state index contributed by atoms with van der Waals surface area (Å²) >= 11 is 6.05. The normalized spacial score (nSPS) is 10.6. The van der Waals surface area contributed by atoms with E-state index in [1.54, 1.807) is 0 Å². The Morgan fingerprint density at radius 3 is 2.65 bits per heavy atom. The Hall–Kier alpha value is -2.00. The topological polar surface area (TPSA) is 38.7 Å². The van der Waals surface area contributed by atoms with Crippen molar-refractivity contribution in [2.75, 3.05) is 0 Å². The van der Waals surface area contributed by atoms with Gasteiger partial charge in [-0.1, -0.05) is 54.1 Å². The number of nitrogens with zero attached hydrogens (tertiary/aromatic N) is 3. The second-order valence-corrected chi connectivity index (χ2v) is 3.98. The summed E-state index contributed by atoms with van der Waals surface area (Å²) in [7, 11) is 0. The van der Waals surface area contributed by atoms with Gasteiger partial charge in [-0.15, -0.1) is 10.2 Å². The molecule has 0 aliphatic carbocycles. The zero-order valence-corrected chi connectivity index (χ0v) is 9.59. The van der Waals surface area contributed by atoms with E-state index < -0.39 is 0 Å². The van der Waals surface area contributed by atoms with E-state index in [0.717, 1.165) is 16.3 Å². The lowest BCUT2D eigenvalue weighted by molar-refractivity contribution is 0.978. The van der Waals surface area contributed by atoms with Crippen LogP contribution in [0.4, 0.5) is 0 Å². The van der Waals surface area contributed by atoms with E-state index in [0.29, 0.717) is 10.8 Å². The number of aromatic nitrogens is 3. The van der Waals surface area contributed by atoms with Crippen LogP contribution in [-0.2, 0) is 0 Å². The summed E-state index contributed by atoms with van der Waals surface area (Å²) in [6, 6.07) is 14.1. The van der Waals surface area contributed by atoms with Crippen molar-refractivity contribution >= 4 is 22.4 Å². The first kappa shape index (κ1) is 10.2. The lowest BCUT2D eigenvalue weighted by atomic mass is 10.0. The van der Waals surface area contributed by atoms with E-state index >= 15 is 0 Å². The maximum Gasteiger partial charge on any atom is 0.159 e. The molecule has 2 aromatic carbocycles. The summed E-state index contributed by atoms with van der Waals surface area (Å²) in [5, 5.41) is 10.5. The predicted octanol–water partition coefficient (Wildman–Crippen LogP) is 3.35. The molecular weight excluding hydrogens is 234 g/mol. The molecule has 0 radical (unpaired) electrons. The Morgan fingerprint density at radius 2 is 1.76 bits per heavy atom. The molecule has 0 N–H and O–H groups in total. The first-order chi connectivity index (χ1) is 8.36. The average Bonchev–Trinajstić information content (AvgIpc) is 2.39. The second kappa shape index (κ2) is 4.11. The van der Waals surface area contributed by atoms with Crippen LogP contribution in [-0.4, -0.2) is 15.2 Å². The van der Waals surface area contributed by atoms with Crippen molar-refractivity contribution in [3.05, 3.63) is 53.9 Å². The minimum Gasteiger partial charge on any atom is -0.220 e. The first-order valence-corrected chi connectivity index (χ1v) is 5.55. The third kappa shape index (κ3) is 1.74. The molecule has 3 rings (SSSR count). The minimum absolute atomic E-state index is 0.372. The van der Waals surface area contributed by atoms with Gasteiger partial charge in [-0.05, 0) is 10.8 Å². The SMILES string of the molecule is Clc1ncnnc1-c1cccc2ccccc12. The van der Waals surface area contributed by atoms with Gasteiger partial charge in [-0.2, -0.15) is 0 Å². The van der Waals surface area contributed by atoms with E-state index in [9.17, 15) is 0 Å². The summed E-state index contributed by atoms with van der Waals surface area (Å²) < 4.78 is 0. The van der Waals surface area contributed by atoms with E-state index in [1.807, 2.05) is 30.3 Å². The smallest absolute Gasteiger partial charge is 0.159 e. The maximum atomic E-state index is 6.05. The first-order valence-electron chi connectivity index (χ1n) is 5.17. The lowest BCUT2D eigenvalue weighted by Crippen LogP contribution is -1.91. The quantitative estimate of drug-likeness (QED) is 0.656. The van der Waals surface area contributed by atoms with E-state index in [-0.39, 0.29) is 0 Å². The highest BCUT2D eigenvalue weighted by molar-refractivity contribution is 6.32. The Labute approximate surface area is 103 Å². The van der Waals surface area contributed by atoms with Crippen LogP contribution in [0.1, 0.15) is 0 Å². The molecule has 0 fully saturated rings. The van der Waals surface area contributed by atoms with Crippen LogP contribution >= 0.6 is 11.6 Å². The molecule has 1 heterocycles. The number of hydrogen-bond donors (Lipinski definition) is 0. The molecule has 0 unspecified atom stereocenters. The molecule has 0 amide bonds.